The van der Waals surface area contributed by atoms with Crippen LogP contribution >= 0.6 is 0 Å². The van der Waals surface area contributed by atoms with Crippen molar-refractivity contribution < 1.29 is 1.43 Å². The minimum absolute atomic E-state index is 0. The number of pyridine rings is 1. The van der Waals surface area contributed by atoms with E-state index >= 15 is 0 Å². The van der Waals surface area contributed by atoms with Gasteiger partial charge >= 0.3 is 0 Å². The number of hydrogen-bond acceptors (Lipinski definition) is 2. The Labute approximate surface area is 133 Å². The zero-order chi connectivity index (χ0) is 15.5. The van der Waals surface area contributed by atoms with Gasteiger partial charge in [-0.1, -0.05) is 24.3 Å². The van der Waals surface area contributed by atoms with E-state index in [0.717, 1.165) is 17.8 Å². The SMILES string of the molecule is C/C=C/C=Nc1ccc(C2=CCc3nc(C)ccc32)cc1C.[HH]. The van der Waals surface area contributed by atoms with E-state index in [0.29, 0.717) is 0 Å². The molecule has 0 amide bonds. The van der Waals surface area contributed by atoms with Gasteiger partial charge in [0.05, 0.1) is 11.4 Å². The molecule has 0 atom stereocenters. The summed E-state index contributed by atoms with van der Waals surface area (Å²) in [6.07, 6.45) is 8.94. The fourth-order valence-electron chi connectivity index (χ4n) is 2.77. The average Bonchev–Trinajstić information content (AvgIpc) is 2.92. The van der Waals surface area contributed by atoms with Gasteiger partial charge in [-0.05, 0) is 61.7 Å². The molecule has 0 saturated carbocycles. The maximum atomic E-state index is 4.64. The molecule has 0 N–H and O–H groups in total. The van der Waals surface area contributed by atoms with Gasteiger partial charge in [0.2, 0.25) is 0 Å². The van der Waals surface area contributed by atoms with Crippen molar-refractivity contribution in [3.05, 3.63) is 76.6 Å². The molecule has 3 rings (SSSR count). The molecule has 0 radical (unpaired) electrons. The highest BCUT2D eigenvalue weighted by Crippen LogP contribution is 2.33. The zero-order valence-electron chi connectivity index (χ0n) is 13.3. The van der Waals surface area contributed by atoms with Crippen molar-refractivity contribution in [3.63, 3.8) is 0 Å². The fraction of sp³-hybridized carbons (Fsp3) is 0.200. The molecular formula is C20H22N2. The van der Waals surface area contributed by atoms with Crippen molar-refractivity contribution in [3.8, 4) is 0 Å². The first-order valence-electron chi connectivity index (χ1n) is 7.62. The van der Waals surface area contributed by atoms with Crippen LogP contribution in [-0.2, 0) is 6.42 Å². The summed E-state index contributed by atoms with van der Waals surface area (Å²) in [7, 11) is 0. The molecule has 1 aromatic carbocycles. The Morgan fingerprint density at radius 1 is 1.18 bits per heavy atom. The minimum atomic E-state index is 0. The summed E-state index contributed by atoms with van der Waals surface area (Å²) in [5.41, 5.74) is 8.26. The normalized spacial score (nSPS) is 13.9. The summed E-state index contributed by atoms with van der Waals surface area (Å²) in [5, 5.41) is 0. The summed E-state index contributed by atoms with van der Waals surface area (Å²) in [6.45, 7) is 6.14. The molecule has 2 heteroatoms. The summed E-state index contributed by atoms with van der Waals surface area (Å²) >= 11 is 0. The van der Waals surface area contributed by atoms with Crippen LogP contribution in [0.3, 0.4) is 0 Å². The monoisotopic (exact) mass is 290 g/mol. The molecule has 1 aliphatic rings. The van der Waals surface area contributed by atoms with Crippen LogP contribution < -0.4 is 0 Å². The first-order valence-corrected chi connectivity index (χ1v) is 7.62. The molecule has 0 fully saturated rings. The van der Waals surface area contributed by atoms with E-state index in [1.807, 2.05) is 32.2 Å². The number of fused-ring (bicyclic) bond motifs is 1. The summed E-state index contributed by atoms with van der Waals surface area (Å²) in [4.78, 5) is 9.11. The highest BCUT2D eigenvalue weighted by molar-refractivity contribution is 5.85. The Kier molecular flexibility index (Phi) is 4.01. The molecule has 0 spiro atoms. The predicted octanol–water partition coefficient (Wildman–Crippen LogP) is 5.21. The van der Waals surface area contributed by atoms with Crippen LogP contribution in [0.15, 0.2) is 53.6 Å². The minimum Gasteiger partial charge on any atom is -0.257 e. The Morgan fingerprint density at radius 2 is 2.05 bits per heavy atom. The predicted molar refractivity (Wildman–Crippen MR) is 96.0 cm³/mol. The Hall–Kier alpha value is -2.48. The molecular weight excluding hydrogens is 268 g/mol. The van der Waals surface area contributed by atoms with Crippen LogP contribution in [-0.4, -0.2) is 11.2 Å². The van der Waals surface area contributed by atoms with Crippen molar-refractivity contribution in [1.82, 2.24) is 4.98 Å². The van der Waals surface area contributed by atoms with Gasteiger partial charge in [-0.2, -0.15) is 0 Å². The Bertz CT molecular complexity index is 801. The van der Waals surface area contributed by atoms with Gasteiger partial charge in [0, 0.05) is 25.3 Å². The lowest BCUT2D eigenvalue weighted by Gasteiger charge is -2.09. The van der Waals surface area contributed by atoms with Crippen molar-refractivity contribution in [2.75, 3.05) is 0 Å². The van der Waals surface area contributed by atoms with E-state index in [4.69, 9.17) is 0 Å². The van der Waals surface area contributed by atoms with Gasteiger partial charge in [-0.25, -0.2) is 0 Å². The molecule has 0 unspecified atom stereocenters. The summed E-state index contributed by atoms with van der Waals surface area (Å²) < 4.78 is 0. The molecule has 2 aromatic rings. The van der Waals surface area contributed by atoms with Gasteiger partial charge in [-0.3, -0.25) is 9.98 Å². The number of benzene rings is 1. The van der Waals surface area contributed by atoms with Crippen LogP contribution in [0.2, 0.25) is 0 Å². The third-order valence-electron chi connectivity index (χ3n) is 3.90. The molecule has 22 heavy (non-hydrogen) atoms. The molecule has 0 bridgehead atoms. The fourth-order valence-corrected chi connectivity index (χ4v) is 2.77. The number of allylic oxidation sites excluding steroid dienone is 3. The maximum Gasteiger partial charge on any atom is 0.0659 e. The highest BCUT2D eigenvalue weighted by Gasteiger charge is 2.17. The summed E-state index contributed by atoms with van der Waals surface area (Å²) in [5.74, 6) is 0. The third-order valence-corrected chi connectivity index (χ3v) is 3.90. The molecule has 1 heterocycles. The van der Waals surface area contributed by atoms with Crippen molar-refractivity contribution in [2.24, 2.45) is 4.99 Å². The van der Waals surface area contributed by atoms with Gasteiger partial charge in [0.15, 0.2) is 0 Å². The van der Waals surface area contributed by atoms with E-state index in [-0.39, 0.29) is 1.43 Å². The van der Waals surface area contributed by atoms with Crippen LogP contribution in [0, 0.1) is 13.8 Å². The first-order chi connectivity index (χ1) is 10.7. The second-order valence-corrected chi connectivity index (χ2v) is 5.57. The Morgan fingerprint density at radius 3 is 2.82 bits per heavy atom. The standard InChI is InChI=1S/C20H20N2.H2/c1-4-5-12-21-19-10-7-16(13-14(19)2)17-9-11-20-18(17)8-6-15(3)22-20;/h4-10,12-13H,11H2,1-3H3;1H/b5-4+,21-12?;. The van der Waals surface area contributed by atoms with E-state index in [9.17, 15) is 0 Å². The van der Waals surface area contributed by atoms with E-state index in [2.05, 4.69) is 53.3 Å². The molecule has 112 valence electrons. The second-order valence-electron chi connectivity index (χ2n) is 5.57. The van der Waals surface area contributed by atoms with Gasteiger partial charge in [0.25, 0.3) is 0 Å². The lowest BCUT2D eigenvalue weighted by atomic mass is 9.98. The van der Waals surface area contributed by atoms with Crippen LogP contribution in [0.1, 0.15) is 36.4 Å². The van der Waals surface area contributed by atoms with Crippen molar-refractivity contribution >= 4 is 17.5 Å². The molecule has 1 aliphatic carbocycles. The first kappa shape index (κ1) is 14.5. The van der Waals surface area contributed by atoms with Crippen molar-refractivity contribution in [2.45, 2.75) is 27.2 Å². The molecule has 0 aliphatic heterocycles. The molecule has 1 aromatic heterocycles. The summed E-state index contributed by atoms with van der Waals surface area (Å²) in [6, 6.07) is 10.7. The van der Waals surface area contributed by atoms with E-state index in [1.54, 1.807) is 0 Å². The van der Waals surface area contributed by atoms with Crippen LogP contribution in [0.5, 0.6) is 0 Å². The average molecular weight is 290 g/mol. The van der Waals surface area contributed by atoms with Crippen LogP contribution in [0.4, 0.5) is 5.69 Å². The lowest BCUT2D eigenvalue weighted by Crippen LogP contribution is -1.93. The number of hydrogen-bond donors (Lipinski definition) is 0. The largest absolute Gasteiger partial charge is 0.257 e. The smallest absolute Gasteiger partial charge is 0.0659 e. The maximum absolute atomic E-state index is 4.64. The number of aliphatic imine (C=N–C) groups is 1. The number of rotatable bonds is 3. The molecule has 0 saturated heterocycles. The highest BCUT2D eigenvalue weighted by atomic mass is 14.7. The third kappa shape index (κ3) is 2.77. The second kappa shape index (κ2) is 6.10. The lowest BCUT2D eigenvalue weighted by molar-refractivity contribution is 1.07. The van der Waals surface area contributed by atoms with Crippen LogP contribution in [0.25, 0.3) is 5.57 Å². The van der Waals surface area contributed by atoms with Crippen molar-refractivity contribution in [1.29, 1.82) is 0 Å². The van der Waals surface area contributed by atoms with Gasteiger partial charge < -0.3 is 0 Å². The van der Waals surface area contributed by atoms with E-state index < -0.39 is 0 Å². The number of aromatic nitrogens is 1. The Balaban J connectivity index is 0.00000192. The zero-order valence-corrected chi connectivity index (χ0v) is 13.3. The molecule has 2 nitrogen and oxygen atoms in total. The van der Waals surface area contributed by atoms with E-state index in [1.165, 1.54) is 28.0 Å². The topological polar surface area (TPSA) is 25.2 Å². The number of nitrogens with zero attached hydrogens (tertiary/aromatic N) is 2. The number of aryl methyl sites for hydroxylation is 2. The van der Waals surface area contributed by atoms with Gasteiger partial charge in [0.1, 0.15) is 0 Å². The van der Waals surface area contributed by atoms with Gasteiger partial charge in [-0.15, -0.1) is 0 Å². The quantitative estimate of drug-likeness (QED) is 0.712.